The van der Waals surface area contributed by atoms with Gasteiger partial charge >= 0.3 is 0 Å². The molecule has 0 aromatic rings. The van der Waals surface area contributed by atoms with Crippen molar-refractivity contribution < 1.29 is 9.53 Å². The number of nitrogens with one attached hydrogen (secondary N) is 1. The summed E-state index contributed by atoms with van der Waals surface area (Å²) in [7, 11) is 0. The Hall–Kier alpha value is -0.990. The molecule has 1 amide bonds. The van der Waals surface area contributed by atoms with E-state index in [0.29, 0.717) is 6.61 Å². The Bertz CT molecular complexity index is 236. The highest BCUT2D eigenvalue weighted by atomic mass is 16.5. The summed E-state index contributed by atoms with van der Waals surface area (Å²) in [5.74, 6) is 1.08. The lowest BCUT2D eigenvalue weighted by Gasteiger charge is -2.20. The van der Waals surface area contributed by atoms with Crippen LogP contribution in [0.15, 0.2) is 12.3 Å². The van der Waals surface area contributed by atoms with Crippen LogP contribution in [0.5, 0.6) is 0 Å². The topological polar surface area (TPSA) is 38.3 Å². The summed E-state index contributed by atoms with van der Waals surface area (Å²) in [6.07, 6.45) is 0.775. The van der Waals surface area contributed by atoms with Gasteiger partial charge in [-0.1, -0.05) is 20.4 Å². The summed E-state index contributed by atoms with van der Waals surface area (Å²) in [4.78, 5) is 11.7. The van der Waals surface area contributed by atoms with Crippen LogP contribution in [0, 0.1) is 11.8 Å². The van der Waals surface area contributed by atoms with Gasteiger partial charge in [-0.3, -0.25) is 4.79 Å². The van der Waals surface area contributed by atoms with Gasteiger partial charge in [-0.05, 0) is 27.2 Å². The molecule has 0 bridgehead atoms. The Morgan fingerprint density at radius 2 is 1.81 bits per heavy atom. The second kappa shape index (κ2) is 7.31. The highest BCUT2D eigenvalue weighted by Crippen LogP contribution is 2.19. The van der Waals surface area contributed by atoms with Crippen LogP contribution in [0.4, 0.5) is 0 Å². The number of carbonyl (C=O) groups is 1. The number of allylic oxidation sites excluding steroid dienone is 1. The number of amides is 1. The van der Waals surface area contributed by atoms with Gasteiger partial charge in [0, 0.05) is 17.9 Å². The Balaban J connectivity index is 4.07. The van der Waals surface area contributed by atoms with E-state index in [2.05, 4.69) is 11.9 Å². The fourth-order valence-corrected chi connectivity index (χ4v) is 1.52. The van der Waals surface area contributed by atoms with E-state index in [1.54, 1.807) is 0 Å². The first-order chi connectivity index (χ1) is 7.38. The van der Waals surface area contributed by atoms with Gasteiger partial charge in [0.05, 0.1) is 12.4 Å². The zero-order valence-electron chi connectivity index (χ0n) is 11.2. The first-order valence-electron chi connectivity index (χ1n) is 6.00. The molecule has 2 unspecified atom stereocenters. The van der Waals surface area contributed by atoms with Gasteiger partial charge in [0.25, 0.3) is 0 Å². The molecule has 0 spiro atoms. The Kier molecular flexibility index (Phi) is 6.86. The van der Waals surface area contributed by atoms with Crippen LogP contribution in [0.3, 0.4) is 0 Å². The number of carbonyl (C=O) groups excluding carboxylic acids is 1. The third-order valence-electron chi connectivity index (χ3n) is 2.47. The van der Waals surface area contributed by atoms with Crippen molar-refractivity contribution in [2.24, 2.45) is 11.8 Å². The molecule has 3 nitrogen and oxygen atoms in total. The molecule has 2 atom stereocenters. The van der Waals surface area contributed by atoms with Gasteiger partial charge in [0.15, 0.2) is 0 Å². The second-order valence-corrected chi connectivity index (χ2v) is 4.60. The fourth-order valence-electron chi connectivity index (χ4n) is 1.52. The first kappa shape index (κ1) is 15.0. The molecule has 0 radical (unpaired) electrons. The lowest BCUT2D eigenvalue weighted by molar-refractivity contribution is -0.125. The van der Waals surface area contributed by atoms with E-state index in [1.807, 2.05) is 34.6 Å². The van der Waals surface area contributed by atoms with Gasteiger partial charge in [-0.2, -0.15) is 0 Å². The molecule has 0 fully saturated rings. The van der Waals surface area contributed by atoms with Crippen LogP contribution < -0.4 is 5.32 Å². The smallest absolute Gasteiger partial charge is 0.223 e. The van der Waals surface area contributed by atoms with Gasteiger partial charge in [0.1, 0.15) is 0 Å². The monoisotopic (exact) mass is 227 g/mol. The minimum atomic E-state index is -0.00499. The molecule has 3 heteroatoms. The van der Waals surface area contributed by atoms with E-state index in [0.717, 1.165) is 12.2 Å². The van der Waals surface area contributed by atoms with E-state index < -0.39 is 0 Å². The Labute approximate surface area is 99.3 Å². The normalized spacial score (nSPS) is 14.4. The number of hydrogen-bond acceptors (Lipinski definition) is 2. The molecule has 0 rings (SSSR count). The van der Waals surface area contributed by atoms with E-state index in [4.69, 9.17) is 4.74 Å². The lowest BCUT2D eigenvalue weighted by atomic mass is 9.95. The second-order valence-electron chi connectivity index (χ2n) is 4.60. The van der Waals surface area contributed by atoms with Gasteiger partial charge in [-0.15, -0.1) is 0 Å². The zero-order chi connectivity index (χ0) is 12.7. The van der Waals surface area contributed by atoms with Crippen LogP contribution in [-0.4, -0.2) is 18.6 Å². The Morgan fingerprint density at radius 1 is 1.25 bits per heavy atom. The average Bonchev–Trinajstić information content (AvgIpc) is 2.16. The molecule has 16 heavy (non-hydrogen) atoms. The molecule has 1 N–H and O–H groups in total. The molecule has 94 valence electrons. The average molecular weight is 227 g/mol. The summed E-state index contributed by atoms with van der Waals surface area (Å²) >= 11 is 0. The summed E-state index contributed by atoms with van der Waals surface area (Å²) in [5, 5.41) is 2.91. The summed E-state index contributed by atoms with van der Waals surface area (Å²) < 4.78 is 5.34. The number of rotatable bonds is 7. The Morgan fingerprint density at radius 3 is 2.25 bits per heavy atom. The van der Waals surface area contributed by atoms with Gasteiger partial charge in [-0.25, -0.2) is 0 Å². The predicted octanol–water partition coefficient (Wildman–Crippen LogP) is 2.72. The first-order valence-corrected chi connectivity index (χ1v) is 6.00. The highest BCUT2D eigenvalue weighted by molar-refractivity contribution is 5.78. The third-order valence-corrected chi connectivity index (χ3v) is 2.47. The number of hydrogen-bond donors (Lipinski definition) is 1. The molecule has 0 saturated carbocycles. The standard InChI is InChI=1S/C13H25NO2/c1-7-16-12(6)10(4)8-11(5)13(15)14-9(2)3/h9-11H,6-8H2,1-5H3,(H,14,15). The molecular formula is C13H25NO2. The van der Waals surface area contributed by atoms with Crippen LogP contribution >= 0.6 is 0 Å². The summed E-state index contributed by atoms with van der Waals surface area (Å²) in [5.41, 5.74) is 0. The van der Waals surface area contributed by atoms with Crippen molar-refractivity contribution in [1.82, 2.24) is 5.32 Å². The highest BCUT2D eigenvalue weighted by Gasteiger charge is 2.18. The molecule has 0 aliphatic heterocycles. The van der Waals surface area contributed by atoms with Gasteiger partial charge in [0.2, 0.25) is 5.91 Å². The van der Waals surface area contributed by atoms with Crippen LogP contribution in [0.1, 0.15) is 41.0 Å². The van der Waals surface area contributed by atoms with Crippen molar-refractivity contribution in [2.75, 3.05) is 6.61 Å². The fraction of sp³-hybridized carbons (Fsp3) is 0.769. The van der Waals surface area contributed by atoms with Gasteiger partial charge < -0.3 is 10.1 Å². The minimum Gasteiger partial charge on any atom is -0.499 e. The summed E-state index contributed by atoms with van der Waals surface area (Å²) in [6.45, 7) is 14.3. The maximum Gasteiger partial charge on any atom is 0.223 e. The summed E-state index contributed by atoms with van der Waals surface area (Å²) in [6, 6.07) is 0.195. The van der Waals surface area contributed by atoms with E-state index >= 15 is 0 Å². The zero-order valence-corrected chi connectivity index (χ0v) is 11.2. The van der Waals surface area contributed by atoms with Crippen LogP contribution in [0.2, 0.25) is 0 Å². The van der Waals surface area contributed by atoms with Crippen LogP contribution in [-0.2, 0) is 9.53 Å². The molecular weight excluding hydrogens is 202 g/mol. The van der Waals surface area contributed by atoms with Crippen molar-refractivity contribution in [3.05, 3.63) is 12.3 Å². The maximum atomic E-state index is 11.7. The maximum absolute atomic E-state index is 11.7. The van der Waals surface area contributed by atoms with Crippen molar-refractivity contribution in [2.45, 2.75) is 47.1 Å². The molecule has 0 heterocycles. The van der Waals surface area contributed by atoms with Crippen LogP contribution in [0.25, 0.3) is 0 Å². The van der Waals surface area contributed by atoms with E-state index in [9.17, 15) is 4.79 Å². The molecule has 0 aromatic heterocycles. The molecule has 0 aromatic carbocycles. The van der Waals surface area contributed by atoms with Crippen molar-refractivity contribution in [3.8, 4) is 0 Å². The predicted molar refractivity (Wildman–Crippen MR) is 67.0 cm³/mol. The van der Waals surface area contributed by atoms with Crippen molar-refractivity contribution in [3.63, 3.8) is 0 Å². The van der Waals surface area contributed by atoms with Crippen molar-refractivity contribution in [1.29, 1.82) is 0 Å². The van der Waals surface area contributed by atoms with E-state index in [1.165, 1.54) is 0 Å². The SMILES string of the molecule is C=C(OCC)C(C)CC(C)C(=O)NC(C)C. The molecule has 0 aliphatic carbocycles. The third kappa shape index (κ3) is 5.79. The minimum absolute atomic E-state index is 0.00499. The molecule has 0 saturated heterocycles. The molecule has 0 aliphatic rings. The van der Waals surface area contributed by atoms with E-state index in [-0.39, 0.29) is 23.8 Å². The lowest BCUT2D eigenvalue weighted by Crippen LogP contribution is -2.35. The largest absolute Gasteiger partial charge is 0.499 e. The van der Waals surface area contributed by atoms with Crippen molar-refractivity contribution >= 4 is 5.91 Å². The number of ether oxygens (including phenoxy) is 1. The quantitative estimate of drug-likeness (QED) is 0.679.